The Bertz CT molecular complexity index is 1500. The number of ether oxygens (including phenoxy) is 3. The van der Waals surface area contributed by atoms with Crippen LogP contribution in [0.1, 0.15) is 12.6 Å². The molecule has 41 heavy (non-hydrogen) atoms. The van der Waals surface area contributed by atoms with E-state index in [4.69, 9.17) is 35.8 Å². The van der Waals surface area contributed by atoms with Crippen molar-refractivity contribution < 1.29 is 29.2 Å². The third-order valence-electron chi connectivity index (χ3n) is 6.76. The molecule has 11 nitrogen and oxygen atoms in total. The lowest BCUT2D eigenvalue weighted by Gasteiger charge is -2.18. The average molecular weight is 582 g/mol. The van der Waals surface area contributed by atoms with Gasteiger partial charge in [0.1, 0.15) is 42.1 Å². The van der Waals surface area contributed by atoms with Crippen LogP contribution >= 0.6 is 11.6 Å². The van der Waals surface area contributed by atoms with Gasteiger partial charge >= 0.3 is 0 Å². The third kappa shape index (κ3) is 6.61. The second-order valence-corrected chi connectivity index (χ2v) is 10.1. The number of hydrogen-bond acceptors (Lipinski definition) is 9. The van der Waals surface area contributed by atoms with Gasteiger partial charge in [0.25, 0.3) is 0 Å². The van der Waals surface area contributed by atoms with Crippen molar-refractivity contribution in [2.24, 2.45) is 0 Å². The molecule has 0 spiro atoms. The second kappa shape index (κ2) is 12.8. The SMILES string of the molecule is COC1OC(Cn2c(COc3cccc(Cl)c3)cc3c(NCCNC(C)=O)nc(-c4ccccc4)nc32)[C@@H](O)[C@H]1O. The number of halogens is 1. The molecular formula is C29H32ClN5O6. The molecule has 216 valence electrons. The van der Waals surface area contributed by atoms with Crippen molar-refractivity contribution in [1.29, 1.82) is 0 Å². The monoisotopic (exact) mass is 581 g/mol. The van der Waals surface area contributed by atoms with Crippen molar-refractivity contribution in [2.75, 3.05) is 25.5 Å². The number of rotatable bonds is 11. The highest BCUT2D eigenvalue weighted by Crippen LogP contribution is 2.31. The number of aliphatic hydroxyl groups excluding tert-OH is 2. The number of fused-ring (bicyclic) bond motifs is 1. The van der Waals surface area contributed by atoms with Crippen LogP contribution in [0.3, 0.4) is 0 Å². The molecule has 1 saturated heterocycles. The summed E-state index contributed by atoms with van der Waals surface area (Å²) < 4.78 is 19.0. The number of benzene rings is 2. The summed E-state index contributed by atoms with van der Waals surface area (Å²) in [6.45, 7) is 2.62. The Labute approximate surface area is 242 Å². The van der Waals surface area contributed by atoms with Gasteiger partial charge in [-0.15, -0.1) is 0 Å². The smallest absolute Gasteiger partial charge is 0.216 e. The summed E-state index contributed by atoms with van der Waals surface area (Å²) in [7, 11) is 1.41. The van der Waals surface area contributed by atoms with Gasteiger partial charge in [0.05, 0.1) is 17.6 Å². The van der Waals surface area contributed by atoms with E-state index in [1.54, 1.807) is 18.2 Å². The standard InChI is InChI=1S/C29H32ClN5O6/c1-17(36)31-11-12-32-27-22-14-20(16-40-21-10-6-9-19(30)13-21)35(15-23-24(37)25(38)29(39-2)41-23)28(22)34-26(33-27)18-7-4-3-5-8-18/h3-10,13-14,23-25,29,37-38H,11-12,15-16H2,1-2H3,(H,31,36)(H,32,33,34)/t23?,24-,25-,29?/m1/s1. The maximum absolute atomic E-state index is 11.4. The first-order chi connectivity index (χ1) is 19.8. The van der Waals surface area contributed by atoms with Crippen molar-refractivity contribution in [3.05, 3.63) is 71.4 Å². The number of aromatic nitrogens is 3. The van der Waals surface area contributed by atoms with E-state index < -0.39 is 24.6 Å². The Morgan fingerprint density at radius 1 is 1.07 bits per heavy atom. The van der Waals surface area contributed by atoms with Crippen molar-refractivity contribution in [3.63, 3.8) is 0 Å². The van der Waals surface area contributed by atoms with Crippen LogP contribution in [0.2, 0.25) is 5.02 Å². The minimum atomic E-state index is -1.20. The van der Waals surface area contributed by atoms with Gasteiger partial charge in [0.2, 0.25) is 5.91 Å². The number of anilines is 1. The first-order valence-corrected chi connectivity index (χ1v) is 13.6. The summed E-state index contributed by atoms with van der Waals surface area (Å²) in [5, 5.41) is 28.5. The molecule has 0 aliphatic carbocycles. The number of amides is 1. The van der Waals surface area contributed by atoms with Crippen molar-refractivity contribution >= 4 is 34.4 Å². The number of nitrogens with zero attached hydrogens (tertiary/aromatic N) is 3. The topological polar surface area (TPSA) is 140 Å². The number of carbonyl (C=O) groups is 1. The van der Waals surface area contributed by atoms with E-state index in [9.17, 15) is 15.0 Å². The van der Waals surface area contributed by atoms with Crippen molar-refractivity contribution in [3.8, 4) is 17.1 Å². The van der Waals surface area contributed by atoms with Crippen LogP contribution in [0.15, 0.2) is 60.7 Å². The third-order valence-corrected chi connectivity index (χ3v) is 6.99. The van der Waals surface area contributed by atoms with Gasteiger partial charge in [-0.2, -0.15) is 0 Å². The molecule has 4 N–H and O–H groups in total. The molecule has 2 aromatic heterocycles. The Morgan fingerprint density at radius 3 is 2.59 bits per heavy atom. The predicted octanol–water partition coefficient (Wildman–Crippen LogP) is 2.97. The second-order valence-electron chi connectivity index (χ2n) is 9.66. The van der Waals surface area contributed by atoms with Crippen molar-refractivity contribution in [1.82, 2.24) is 19.9 Å². The Balaban J connectivity index is 1.57. The number of carbonyl (C=O) groups excluding carboxylic acids is 1. The molecule has 0 saturated carbocycles. The van der Waals surface area contributed by atoms with Crippen LogP contribution in [0.4, 0.5) is 5.82 Å². The maximum Gasteiger partial charge on any atom is 0.216 e. The first-order valence-electron chi connectivity index (χ1n) is 13.2. The van der Waals surface area contributed by atoms with E-state index in [0.29, 0.717) is 46.5 Å². The molecule has 2 aromatic carbocycles. The quantitative estimate of drug-likeness (QED) is 0.197. The molecule has 1 aliphatic heterocycles. The fraction of sp³-hybridized carbons (Fsp3) is 0.345. The summed E-state index contributed by atoms with van der Waals surface area (Å²) in [4.78, 5) is 21.1. The lowest BCUT2D eigenvalue weighted by molar-refractivity contribution is -0.150. The van der Waals surface area contributed by atoms with Crippen LogP contribution < -0.4 is 15.4 Å². The van der Waals surface area contributed by atoms with Crippen LogP contribution in [0.5, 0.6) is 5.75 Å². The molecule has 0 bridgehead atoms. The van der Waals surface area contributed by atoms with Crippen LogP contribution in [-0.2, 0) is 27.4 Å². The first kappa shape index (κ1) is 28.8. The van der Waals surface area contributed by atoms with Gasteiger partial charge in [0, 0.05) is 37.7 Å². The van der Waals surface area contributed by atoms with E-state index in [-0.39, 0.29) is 19.1 Å². The van der Waals surface area contributed by atoms with Crippen LogP contribution in [-0.4, -0.2) is 75.5 Å². The number of nitrogens with one attached hydrogen (secondary N) is 2. The number of aliphatic hydroxyl groups is 2. The van der Waals surface area contributed by atoms with Gasteiger partial charge in [0.15, 0.2) is 12.1 Å². The molecule has 1 fully saturated rings. The minimum absolute atomic E-state index is 0.122. The Morgan fingerprint density at radius 2 is 1.88 bits per heavy atom. The Hall–Kier alpha value is -3.74. The van der Waals surface area contributed by atoms with E-state index in [2.05, 4.69) is 10.6 Å². The fourth-order valence-electron chi connectivity index (χ4n) is 4.72. The summed E-state index contributed by atoms with van der Waals surface area (Å²) in [5.74, 6) is 1.53. The maximum atomic E-state index is 11.4. The highest BCUT2D eigenvalue weighted by atomic mass is 35.5. The number of hydrogen-bond donors (Lipinski definition) is 4. The summed E-state index contributed by atoms with van der Waals surface area (Å²) in [6.07, 6.45) is -4.10. The molecule has 2 unspecified atom stereocenters. The molecule has 12 heteroatoms. The molecule has 3 heterocycles. The highest BCUT2D eigenvalue weighted by Gasteiger charge is 2.43. The van der Waals surface area contributed by atoms with E-state index in [1.807, 2.05) is 47.0 Å². The summed E-state index contributed by atoms with van der Waals surface area (Å²) >= 11 is 6.15. The van der Waals surface area contributed by atoms with Gasteiger partial charge in [-0.3, -0.25) is 4.79 Å². The predicted molar refractivity (Wildman–Crippen MR) is 154 cm³/mol. The zero-order valence-corrected chi connectivity index (χ0v) is 23.4. The molecule has 5 rings (SSSR count). The number of methoxy groups -OCH3 is 1. The van der Waals surface area contributed by atoms with Gasteiger partial charge < -0.3 is 39.6 Å². The van der Waals surface area contributed by atoms with Gasteiger partial charge in [-0.05, 0) is 24.3 Å². The summed E-state index contributed by atoms with van der Waals surface area (Å²) in [6, 6.07) is 18.6. The lowest BCUT2D eigenvalue weighted by Crippen LogP contribution is -2.35. The Kier molecular flexibility index (Phi) is 9.01. The van der Waals surface area contributed by atoms with Crippen molar-refractivity contribution in [2.45, 2.75) is 44.7 Å². The lowest BCUT2D eigenvalue weighted by atomic mass is 10.1. The van der Waals surface area contributed by atoms with E-state index in [0.717, 1.165) is 11.3 Å². The molecule has 4 atom stereocenters. The molecule has 4 aromatic rings. The largest absolute Gasteiger partial charge is 0.487 e. The van der Waals surface area contributed by atoms with Gasteiger partial charge in [-0.1, -0.05) is 48.0 Å². The van der Waals surface area contributed by atoms with Gasteiger partial charge in [-0.25, -0.2) is 9.97 Å². The zero-order valence-electron chi connectivity index (χ0n) is 22.7. The highest BCUT2D eigenvalue weighted by molar-refractivity contribution is 6.30. The van der Waals surface area contributed by atoms with E-state index in [1.165, 1.54) is 14.0 Å². The minimum Gasteiger partial charge on any atom is -0.487 e. The normalized spacial score (nSPS) is 20.3. The van der Waals surface area contributed by atoms with Crippen LogP contribution in [0.25, 0.3) is 22.4 Å². The fourth-order valence-corrected chi connectivity index (χ4v) is 4.91. The summed E-state index contributed by atoms with van der Waals surface area (Å²) in [5.41, 5.74) is 2.13. The average Bonchev–Trinajstić information content (AvgIpc) is 3.46. The zero-order chi connectivity index (χ0) is 28.9. The molecular weight excluding hydrogens is 550 g/mol. The molecule has 1 amide bonds. The van der Waals surface area contributed by atoms with Crippen LogP contribution in [0, 0.1) is 0 Å². The van der Waals surface area contributed by atoms with E-state index >= 15 is 0 Å². The molecule has 1 aliphatic rings. The molecule has 0 radical (unpaired) electrons.